The molecule has 3 rings (SSSR count). The van der Waals surface area contributed by atoms with Gasteiger partial charge in [-0.15, -0.1) is 0 Å². The Hall–Kier alpha value is -1.09. The number of hydrogen-bond donors (Lipinski definition) is 0. The molecule has 0 bridgehead atoms. The van der Waals surface area contributed by atoms with Crippen LogP contribution in [0, 0.1) is 0 Å². The van der Waals surface area contributed by atoms with Crippen LogP contribution in [0.15, 0.2) is 22.9 Å². The Kier molecular flexibility index (Phi) is 2.13. The highest BCUT2D eigenvalue weighted by Crippen LogP contribution is 2.40. The van der Waals surface area contributed by atoms with E-state index in [1.54, 1.807) is 6.20 Å². The summed E-state index contributed by atoms with van der Waals surface area (Å²) < 4.78 is 5.07. The molecule has 0 aromatic carbocycles. The molecule has 15 heavy (non-hydrogen) atoms. The molecule has 80 valence electrons. The van der Waals surface area contributed by atoms with Crippen LogP contribution in [0.3, 0.4) is 0 Å². The van der Waals surface area contributed by atoms with Gasteiger partial charge in [0, 0.05) is 18.2 Å². The normalized spacial score (nSPS) is 31.5. The minimum absolute atomic E-state index is 0.352. The van der Waals surface area contributed by atoms with Gasteiger partial charge < -0.3 is 4.52 Å². The van der Waals surface area contributed by atoms with Crippen molar-refractivity contribution in [3.05, 3.63) is 24.1 Å². The maximum Gasteiger partial charge on any atom is 0.159 e. The van der Waals surface area contributed by atoms with Crippen LogP contribution < -0.4 is 0 Å². The minimum Gasteiger partial charge on any atom is -0.357 e. The summed E-state index contributed by atoms with van der Waals surface area (Å²) in [5.74, 6) is 0.863. The number of aromatic nitrogens is 1. The number of rotatable bonds is 2. The standard InChI is InChI=1S/C12H16N2O/c1-2-9-14-10-7-12(14,5-1)6-3-11-4-8-13-15-11/h3-4,6,8H,1-2,5,7,9-10H2/b6-3+. The van der Waals surface area contributed by atoms with Gasteiger partial charge in [0.1, 0.15) is 0 Å². The number of hydrogen-bond acceptors (Lipinski definition) is 3. The zero-order chi connectivity index (χ0) is 10.1. The van der Waals surface area contributed by atoms with E-state index in [0.717, 1.165) is 5.76 Å². The first-order chi connectivity index (χ1) is 7.39. The first-order valence-electron chi connectivity index (χ1n) is 5.74. The number of nitrogens with zero attached hydrogens (tertiary/aromatic N) is 2. The van der Waals surface area contributed by atoms with Gasteiger partial charge in [0.25, 0.3) is 0 Å². The predicted molar refractivity (Wildman–Crippen MR) is 58.3 cm³/mol. The summed E-state index contributed by atoms with van der Waals surface area (Å²) in [7, 11) is 0. The Bertz CT molecular complexity index is 358. The molecule has 3 heterocycles. The Balaban J connectivity index is 1.76. The molecule has 2 saturated heterocycles. The van der Waals surface area contributed by atoms with Crippen LogP contribution in [-0.4, -0.2) is 28.7 Å². The van der Waals surface area contributed by atoms with Crippen molar-refractivity contribution in [2.45, 2.75) is 31.2 Å². The van der Waals surface area contributed by atoms with Gasteiger partial charge in [-0.05, 0) is 31.9 Å². The van der Waals surface area contributed by atoms with Crippen molar-refractivity contribution in [2.24, 2.45) is 0 Å². The van der Waals surface area contributed by atoms with Crippen molar-refractivity contribution in [2.75, 3.05) is 13.1 Å². The third kappa shape index (κ3) is 1.51. The summed E-state index contributed by atoms with van der Waals surface area (Å²) in [6, 6.07) is 1.90. The smallest absolute Gasteiger partial charge is 0.159 e. The van der Waals surface area contributed by atoms with E-state index in [-0.39, 0.29) is 0 Å². The van der Waals surface area contributed by atoms with E-state index in [4.69, 9.17) is 4.52 Å². The topological polar surface area (TPSA) is 29.3 Å². The number of piperidine rings is 1. The van der Waals surface area contributed by atoms with Crippen molar-refractivity contribution in [1.29, 1.82) is 0 Å². The summed E-state index contributed by atoms with van der Waals surface area (Å²) in [5, 5.41) is 3.71. The molecule has 3 nitrogen and oxygen atoms in total. The van der Waals surface area contributed by atoms with Gasteiger partial charge in [0.2, 0.25) is 0 Å². The Labute approximate surface area is 89.7 Å². The Morgan fingerprint density at radius 1 is 1.33 bits per heavy atom. The highest BCUT2D eigenvalue weighted by atomic mass is 16.5. The van der Waals surface area contributed by atoms with Crippen molar-refractivity contribution in [1.82, 2.24) is 10.1 Å². The van der Waals surface area contributed by atoms with Gasteiger partial charge in [-0.3, -0.25) is 4.90 Å². The molecule has 3 heteroatoms. The molecule has 0 spiro atoms. The summed E-state index contributed by atoms with van der Waals surface area (Å²) in [6.07, 6.45) is 11.4. The maximum atomic E-state index is 5.07. The molecule has 0 N–H and O–H groups in total. The number of fused-ring (bicyclic) bond motifs is 1. The lowest BCUT2D eigenvalue weighted by Gasteiger charge is -2.54. The lowest BCUT2D eigenvalue weighted by molar-refractivity contribution is -0.00720. The van der Waals surface area contributed by atoms with Gasteiger partial charge in [0.05, 0.1) is 6.20 Å². The van der Waals surface area contributed by atoms with Gasteiger partial charge in [0.15, 0.2) is 5.76 Å². The van der Waals surface area contributed by atoms with E-state index in [1.807, 2.05) is 6.07 Å². The van der Waals surface area contributed by atoms with Crippen molar-refractivity contribution in [3.8, 4) is 0 Å². The lowest BCUT2D eigenvalue weighted by atomic mass is 9.76. The molecular weight excluding hydrogens is 188 g/mol. The summed E-state index contributed by atoms with van der Waals surface area (Å²) in [6.45, 7) is 2.53. The molecule has 1 atom stereocenters. The molecule has 2 aliphatic rings. The van der Waals surface area contributed by atoms with Crippen molar-refractivity contribution < 1.29 is 4.52 Å². The monoisotopic (exact) mass is 204 g/mol. The van der Waals surface area contributed by atoms with Crippen molar-refractivity contribution in [3.63, 3.8) is 0 Å². The molecule has 2 aliphatic heterocycles. The highest BCUT2D eigenvalue weighted by Gasteiger charge is 2.43. The van der Waals surface area contributed by atoms with E-state index in [9.17, 15) is 0 Å². The average Bonchev–Trinajstić information content (AvgIpc) is 2.72. The fourth-order valence-corrected chi connectivity index (χ4v) is 2.73. The SMILES string of the molecule is C(=C\C12CCCCN1CC2)/c1ccno1. The van der Waals surface area contributed by atoms with Crippen LogP contribution in [0.5, 0.6) is 0 Å². The second kappa shape index (κ2) is 3.49. The van der Waals surface area contributed by atoms with E-state index >= 15 is 0 Å². The largest absolute Gasteiger partial charge is 0.357 e. The van der Waals surface area contributed by atoms with Crippen LogP contribution >= 0.6 is 0 Å². The van der Waals surface area contributed by atoms with Crippen LogP contribution in [0.2, 0.25) is 0 Å². The molecule has 0 aliphatic carbocycles. The van der Waals surface area contributed by atoms with E-state index in [0.29, 0.717) is 5.54 Å². The molecule has 1 aromatic rings. The minimum atomic E-state index is 0.352. The third-order valence-electron chi connectivity index (χ3n) is 3.75. The summed E-state index contributed by atoms with van der Waals surface area (Å²) in [4.78, 5) is 2.59. The molecule has 1 aromatic heterocycles. The third-order valence-corrected chi connectivity index (χ3v) is 3.75. The summed E-state index contributed by atoms with van der Waals surface area (Å²) >= 11 is 0. The van der Waals surface area contributed by atoms with Crippen LogP contribution in [0.4, 0.5) is 0 Å². The van der Waals surface area contributed by atoms with Crippen LogP contribution in [0.25, 0.3) is 6.08 Å². The Morgan fingerprint density at radius 2 is 2.33 bits per heavy atom. The second-order valence-corrected chi connectivity index (χ2v) is 4.55. The predicted octanol–water partition coefficient (Wildman–Crippen LogP) is 2.32. The first-order valence-corrected chi connectivity index (χ1v) is 5.74. The van der Waals surface area contributed by atoms with E-state index in [2.05, 4.69) is 22.2 Å². The highest BCUT2D eigenvalue weighted by molar-refractivity contribution is 5.45. The van der Waals surface area contributed by atoms with E-state index in [1.165, 1.54) is 38.8 Å². The molecule has 1 unspecified atom stereocenters. The summed E-state index contributed by atoms with van der Waals surface area (Å²) in [5.41, 5.74) is 0.352. The van der Waals surface area contributed by atoms with Gasteiger partial charge in [-0.2, -0.15) is 0 Å². The van der Waals surface area contributed by atoms with Crippen LogP contribution in [-0.2, 0) is 0 Å². The Morgan fingerprint density at radius 3 is 3.00 bits per heavy atom. The lowest BCUT2D eigenvalue weighted by Crippen LogP contribution is -2.60. The van der Waals surface area contributed by atoms with Gasteiger partial charge >= 0.3 is 0 Å². The quantitative estimate of drug-likeness (QED) is 0.740. The fraction of sp³-hybridized carbons (Fsp3) is 0.583. The van der Waals surface area contributed by atoms with Gasteiger partial charge in [-0.25, -0.2) is 0 Å². The maximum absolute atomic E-state index is 5.07. The van der Waals surface area contributed by atoms with E-state index < -0.39 is 0 Å². The molecular formula is C12H16N2O. The zero-order valence-electron chi connectivity index (χ0n) is 8.85. The molecule has 0 radical (unpaired) electrons. The first kappa shape index (κ1) is 9.16. The molecule has 0 saturated carbocycles. The van der Waals surface area contributed by atoms with Crippen LogP contribution in [0.1, 0.15) is 31.4 Å². The van der Waals surface area contributed by atoms with Crippen molar-refractivity contribution >= 4 is 6.08 Å². The molecule has 0 amide bonds. The fourth-order valence-electron chi connectivity index (χ4n) is 2.73. The average molecular weight is 204 g/mol. The second-order valence-electron chi connectivity index (χ2n) is 4.55. The van der Waals surface area contributed by atoms with Gasteiger partial charge in [-0.1, -0.05) is 17.7 Å². The molecule has 2 fully saturated rings. The zero-order valence-corrected chi connectivity index (χ0v) is 8.85.